The fourth-order valence-corrected chi connectivity index (χ4v) is 2.73. The zero-order chi connectivity index (χ0) is 19.3. The van der Waals surface area contributed by atoms with Gasteiger partial charge < -0.3 is 15.0 Å². The van der Waals surface area contributed by atoms with E-state index in [0.717, 1.165) is 0 Å². The van der Waals surface area contributed by atoms with E-state index in [9.17, 15) is 14.4 Å². The lowest BCUT2D eigenvalue weighted by Gasteiger charge is -2.21. The van der Waals surface area contributed by atoms with Crippen LogP contribution in [0.25, 0.3) is 0 Å². The third-order valence-electron chi connectivity index (χ3n) is 3.49. The minimum atomic E-state index is -0.539. The Morgan fingerprint density at radius 3 is 2.27 bits per heavy atom. The van der Waals surface area contributed by atoms with Gasteiger partial charge >= 0.3 is 5.97 Å². The monoisotopic (exact) mass is 394 g/mol. The second-order valence-electron chi connectivity index (χ2n) is 5.29. The highest BCUT2D eigenvalue weighted by atomic mass is 35.5. The molecule has 0 unspecified atom stereocenters. The van der Waals surface area contributed by atoms with Crippen molar-refractivity contribution in [1.29, 1.82) is 0 Å². The molecule has 2 rings (SSSR count). The number of carbonyl (C=O) groups is 3. The molecule has 6 nitrogen and oxygen atoms in total. The topological polar surface area (TPSA) is 75.7 Å². The molecule has 0 aliphatic carbocycles. The molecule has 0 spiro atoms. The van der Waals surface area contributed by atoms with Crippen LogP contribution >= 0.6 is 23.2 Å². The molecule has 0 saturated heterocycles. The molecule has 8 heteroatoms. The number of halogens is 2. The number of nitrogens with one attached hydrogen (secondary N) is 1. The van der Waals surface area contributed by atoms with Crippen LogP contribution in [0.4, 0.5) is 11.4 Å². The normalized spacial score (nSPS) is 10.2. The molecule has 2 aromatic carbocycles. The highest BCUT2D eigenvalue weighted by molar-refractivity contribution is 6.39. The maximum Gasteiger partial charge on any atom is 0.337 e. The number of amides is 2. The third kappa shape index (κ3) is 4.74. The maximum absolute atomic E-state index is 12.4. The van der Waals surface area contributed by atoms with Gasteiger partial charge in [0.25, 0.3) is 0 Å². The van der Waals surface area contributed by atoms with E-state index in [2.05, 4.69) is 10.1 Å². The SMILES string of the molecule is COC(=O)c1cccc(N(CC(=O)Nc2c(Cl)cccc2Cl)C(C)=O)c1. The first-order valence-electron chi connectivity index (χ1n) is 7.54. The molecule has 0 saturated carbocycles. The summed E-state index contributed by atoms with van der Waals surface area (Å²) in [7, 11) is 1.26. The van der Waals surface area contributed by atoms with E-state index in [1.54, 1.807) is 36.4 Å². The van der Waals surface area contributed by atoms with Crippen LogP contribution in [0.3, 0.4) is 0 Å². The number of anilines is 2. The summed E-state index contributed by atoms with van der Waals surface area (Å²) in [4.78, 5) is 37.3. The van der Waals surface area contributed by atoms with Crippen molar-refractivity contribution in [2.75, 3.05) is 23.9 Å². The van der Waals surface area contributed by atoms with Gasteiger partial charge in [-0.2, -0.15) is 0 Å². The third-order valence-corrected chi connectivity index (χ3v) is 4.12. The van der Waals surface area contributed by atoms with E-state index < -0.39 is 11.9 Å². The molecule has 1 N–H and O–H groups in total. The summed E-state index contributed by atoms with van der Waals surface area (Å²) in [5, 5.41) is 3.16. The summed E-state index contributed by atoms with van der Waals surface area (Å²) < 4.78 is 4.67. The van der Waals surface area contributed by atoms with Gasteiger partial charge in [0.2, 0.25) is 11.8 Å². The molecule has 26 heavy (non-hydrogen) atoms. The number of esters is 1. The number of para-hydroxylation sites is 1. The summed E-state index contributed by atoms with van der Waals surface area (Å²) in [5.74, 6) is -1.39. The van der Waals surface area contributed by atoms with E-state index in [0.29, 0.717) is 5.69 Å². The zero-order valence-corrected chi connectivity index (χ0v) is 15.6. The first kappa shape index (κ1) is 19.8. The van der Waals surface area contributed by atoms with Crippen LogP contribution in [-0.4, -0.2) is 31.4 Å². The number of benzene rings is 2. The fourth-order valence-electron chi connectivity index (χ4n) is 2.24. The number of hydrogen-bond acceptors (Lipinski definition) is 4. The van der Waals surface area contributed by atoms with Crippen LogP contribution in [0.1, 0.15) is 17.3 Å². The lowest BCUT2D eigenvalue weighted by atomic mass is 10.2. The number of methoxy groups -OCH3 is 1. The molecular formula is C18H16Cl2N2O4. The summed E-state index contributed by atoms with van der Waals surface area (Å²) in [6.45, 7) is 1.04. The average molecular weight is 395 g/mol. The average Bonchev–Trinajstić information content (AvgIpc) is 2.62. The molecule has 0 atom stereocenters. The Balaban J connectivity index is 2.22. The van der Waals surface area contributed by atoms with Crippen LogP contribution in [0, 0.1) is 0 Å². The summed E-state index contributed by atoms with van der Waals surface area (Å²) in [6.07, 6.45) is 0. The van der Waals surface area contributed by atoms with Crippen LogP contribution < -0.4 is 10.2 Å². The van der Waals surface area contributed by atoms with E-state index >= 15 is 0 Å². The van der Waals surface area contributed by atoms with Crippen molar-refractivity contribution in [1.82, 2.24) is 0 Å². The molecule has 0 heterocycles. The molecule has 2 aromatic rings. The second-order valence-corrected chi connectivity index (χ2v) is 6.11. The number of hydrogen-bond donors (Lipinski definition) is 1. The Hall–Kier alpha value is -2.57. The highest BCUT2D eigenvalue weighted by Crippen LogP contribution is 2.29. The summed E-state index contributed by atoms with van der Waals surface area (Å²) >= 11 is 12.1. The van der Waals surface area contributed by atoms with Crippen LogP contribution in [0.5, 0.6) is 0 Å². The van der Waals surface area contributed by atoms with Gasteiger partial charge in [-0.25, -0.2) is 4.79 Å². The smallest absolute Gasteiger partial charge is 0.337 e. The molecule has 0 aliphatic heterocycles. The molecule has 2 amide bonds. The van der Waals surface area contributed by atoms with Crippen molar-refractivity contribution in [3.8, 4) is 0 Å². The molecular weight excluding hydrogens is 379 g/mol. The van der Waals surface area contributed by atoms with Crippen molar-refractivity contribution in [2.24, 2.45) is 0 Å². The molecule has 0 aromatic heterocycles. The molecule has 0 radical (unpaired) electrons. The predicted octanol–water partition coefficient (Wildman–Crippen LogP) is 3.77. The first-order chi connectivity index (χ1) is 12.3. The molecule has 136 valence electrons. The lowest BCUT2D eigenvalue weighted by molar-refractivity contribution is -0.120. The van der Waals surface area contributed by atoms with Crippen molar-refractivity contribution in [2.45, 2.75) is 6.92 Å². The Morgan fingerprint density at radius 2 is 1.69 bits per heavy atom. The van der Waals surface area contributed by atoms with Gasteiger partial charge in [0.1, 0.15) is 6.54 Å². The van der Waals surface area contributed by atoms with E-state index in [4.69, 9.17) is 23.2 Å². The fraction of sp³-hybridized carbons (Fsp3) is 0.167. The summed E-state index contributed by atoms with van der Waals surface area (Å²) in [6, 6.07) is 11.1. The first-order valence-corrected chi connectivity index (χ1v) is 8.29. The Kier molecular flexibility index (Phi) is 6.60. The van der Waals surface area contributed by atoms with E-state index in [1.807, 2.05) is 0 Å². The number of ether oxygens (including phenoxy) is 1. The number of carbonyl (C=O) groups excluding carboxylic acids is 3. The largest absolute Gasteiger partial charge is 0.465 e. The van der Waals surface area contributed by atoms with Gasteiger partial charge in [-0.05, 0) is 30.3 Å². The van der Waals surface area contributed by atoms with Crippen molar-refractivity contribution in [3.63, 3.8) is 0 Å². The number of rotatable bonds is 5. The van der Waals surface area contributed by atoms with Gasteiger partial charge in [0.15, 0.2) is 0 Å². The quantitative estimate of drug-likeness (QED) is 0.782. The van der Waals surface area contributed by atoms with E-state index in [1.165, 1.54) is 25.0 Å². The van der Waals surface area contributed by atoms with Gasteiger partial charge in [0.05, 0.1) is 28.4 Å². The van der Waals surface area contributed by atoms with Gasteiger partial charge in [-0.15, -0.1) is 0 Å². The minimum absolute atomic E-state index is 0.269. The summed E-state index contributed by atoms with van der Waals surface area (Å²) in [5.41, 5.74) is 0.930. The highest BCUT2D eigenvalue weighted by Gasteiger charge is 2.19. The van der Waals surface area contributed by atoms with Gasteiger partial charge in [0, 0.05) is 12.6 Å². The predicted molar refractivity (Wildman–Crippen MR) is 101 cm³/mol. The Labute approximate surface area is 160 Å². The standard InChI is InChI=1S/C18H16Cl2N2O4/c1-11(23)22(13-6-3-5-12(9-13)18(25)26-2)10-16(24)21-17-14(19)7-4-8-15(17)20/h3-9H,10H2,1-2H3,(H,21,24). The van der Waals surface area contributed by atoms with Gasteiger partial charge in [-0.1, -0.05) is 35.3 Å². The maximum atomic E-state index is 12.4. The zero-order valence-electron chi connectivity index (χ0n) is 14.1. The minimum Gasteiger partial charge on any atom is -0.465 e. The van der Waals surface area contributed by atoms with Crippen molar-refractivity contribution in [3.05, 3.63) is 58.1 Å². The van der Waals surface area contributed by atoms with Crippen molar-refractivity contribution >= 4 is 52.4 Å². The number of nitrogens with zero attached hydrogens (tertiary/aromatic N) is 1. The Morgan fingerprint density at radius 1 is 1.08 bits per heavy atom. The molecule has 0 bridgehead atoms. The van der Waals surface area contributed by atoms with Gasteiger partial charge in [-0.3, -0.25) is 9.59 Å². The van der Waals surface area contributed by atoms with Crippen molar-refractivity contribution < 1.29 is 19.1 Å². The molecule has 0 aliphatic rings. The van der Waals surface area contributed by atoms with E-state index in [-0.39, 0.29) is 33.7 Å². The van der Waals surface area contributed by atoms with Crippen LogP contribution in [0.15, 0.2) is 42.5 Å². The van der Waals surface area contributed by atoms with Crippen LogP contribution in [-0.2, 0) is 14.3 Å². The lowest BCUT2D eigenvalue weighted by Crippen LogP contribution is -2.36. The molecule has 0 fully saturated rings. The Bertz CT molecular complexity index is 835. The second kappa shape index (κ2) is 8.69. The van der Waals surface area contributed by atoms with Crippen LogP contribution in [0.2, 0.25) is 10.0 Å².